The molecule has 0 heterocycles. The zero-order valence-electron chi connectivity index (χ0n) is 8.73. The van der Waals surface area contributed by atoms with Gasteiger partial charge in [-0.25, -0.2) is 4.79 Å². The van der Waals surface area contributed by atoms with E-state index in [1.54, 1.807) is 13.8 Å². The first-order valence-electron chi connectivity index (χ1n) is 5.15. The predicted octanol–water partition coefficient (Wildman–Crippen LogP) is 0.868. The molecule has 1 aliphatic rings. The smallest absolute Gasteiger partial charge is 0.334 e. The van der Waals surface area contributed by atoms with Gasteiger partial charge in [0, 0.05) is 0 Å². The van der Waals surface area contributed by atoms with Crippen molar-refractivity contribution in [1.82, 2.24) is 0 Å². The lowest BCUT2D eigenvalue weighted by molar-refractivity contribution is -0.161. The normalized spacial score (nSPS) is 28.8. The Kier molecular flexibility index (Phi) is 4.35. The lowest BCUT2D eigenvalue weighted by Crippen LogP contribution is -2.32. The van der Waals surface area contributed by atoms with Crippen molar-refractivity contribution < 1.29 is 19.4 Å². The number of ether oxygens (including phenoxy) is 2. The quantitative estimate of drug-likeness (QED) is 0.687. The third-order valence-corrected chi connectivity index (χ3v) is 2.42. The molecule has 0 aromatic carbocycles. The van der Waals surface area contributed by atoms with E-state index in [-0.39, 0.29) is 12.1 Å². The van der Waals surface area contributed by atoms with Crippen LogP contribution in [-0.2, 0) is 14.3 Å². The molecule has 1 N–H and O–H groups in total. The molecule has 1 saturated carbocycles. The van der Waals surface area contributed by atoms with Crippen molar-refractivity contribution in [3.8, 4) is 0 Å². The molecule has 0 aromatic heterocycles. The van der Waals surface area contributed by atoms with Crippen molar-refractivity contribution in [3.05, 3.63) is 0 Å². The molecule has 1 aliphatic carbocycles. The Bertz CT molecular complexity index is 193. The average molecular weight is 202 g/mol. The number of hydrogen-bond acceptors (Lipinski definition) is 4. The third-order valence-electron chi connectivity index (χ3n) is 2.42. The van der Waals surface area contributed by atoms with Gasteiger partial charge in [0.05, 0.1) is 18.8 Å². The van der Waals surface area contributed by atoms with Gasteiger partial charge in [-0.1, -0.05) is 0 Å². The highest BCUT2D eigenvalue weighted by molar-refractivity contribution is 5.74. The topological polar surface area (TPSA) is 55.8 Å². The van der Waals surface area contributed by atoms with E-state index in [1.807, 2.05) is 0 Å². The van der Waals surface area contributed by atoms with E-state index in [0.717, 1.165) is 19.3 Å². The Hall–Kier alpha value is -0.610. The van der Waals surface area contributed by atoms with Crippen molar-refractivity contribution in [2.24, 2.45) is 0 Å². The summed E-state index contributed by atoms with van der Waals surface area (Å²) in [7, 11) is 0. The van der Waals surface area contributed by atoms with Crippen molar-refractivity contribution in [2.75, 3.05) is 6.61 Å². The molecule has 4 heteroatoms. The zero-order valence-corrected chi connectivity index (χ0v) is 8.73. The van der Waals surface area contributed by atoms with Gasteiger partial charge in [-0.05, 0) is 33.1 Å². The summed E-state index contributed by atoms with van der Waals surface area (Å²) < 4.78 is 10.2. The predicted molar refractivity (Wildman–Crippen MR) is 50.8 cm³/mol. The summed E-state index contributed by atoms with van der Waals surface area (Å²) in [5.41, 5.74) is 0. The average Bonchev–Trinajstić information content (AvgIpc) is 2.52. The van der Waals surface area contributed by atoms with Gasteiger partial charge >= 0.3 is 5.97 Å². The van der Waals surface area contributed by atoms with Crippen molar-refractivity contribution in [2.45, 2.75) is 51.4 Å². The van der Waals surface area contributed by atoms with Gasteiger partial charge in [-0.3, -0.25) is 0 Å². The van der Waals surface area contributed by atoms with E-state index in [4.69, 9.17) is 9.47 Å². The molecular weight excluding hydrogens is 184 g/mol. The molecule has 0 bridgehead atoms. The monoisotopic (exact) mass is 202 g/mol. The molecule has 0 saturated heterocycles. The maximum atomic E-state index is 11.2. The van der Waals surface area contributed by atoms with Crippen LogP contribution in [0.1, 0.15) is 33.1 Å². The first-order valence-corrected chi connectivity index (χ1v) is 5.15. The van der Waals surface area contributed by atoms with Crippen LogP contribution in [0.25, 0.3) is 0 Å². The van der Waals surface area contributed by atoms with Crippen LogP contribution < -0.4 is 0 Å². The number of carbonyl (C=O) groups is 1. The van der Waals surface area contributed by atoms with Gasteiger partial charge in [0.1, 0.15) is 0 Å². The van der Waals surface area contributed by atoms with E-state index >= 15 is 0 Å². The van der Waals surface area contributed by atoms with Crippen molar-refractivity contribution in [1.29, 1.82) is 0 Å². The van der Waals surface area contributed by atoms with Crippen LogP contribution in [-0.4, -0.2) is 36.0 Å². The highest BCUT2D eigenvalue weighted by Gasteiger charge is 2.29. The fourth-order valence-electron chi connectivity index (χ4n) is 1.64. The Morgan fingerprint density at radius 2 is 2.29 bits per heavy atom. The molecule has 0 aromatic rings. The Morgan fingerprint density at radius 1 is 1.57 bits per heavy atom. The van der Waals surface area contributed by atoms with Gasteiger partial charge < -0.3 is 14.6 Å². The summed E-state index contributed by atoms with van der Waals surface area (Å²) in [6, 6.07) is 0. The van der Waals surface area contributed by atoms with Gasteiger partial charge in [0.25, 0.3) is 0 Å². The maximum Gasteiger partial charge on any atom is 0.334 e. The first kappa shape index (κ1) is 11.5. The highest BCUT2D eigenvalue weighted by atomic mass is 16.6. The summed E-state index contributed by atoms with van der Waals surface area (Å²) in [6.07, 6.45) is 1.35. The van der Waals surface area contributed by atoms with E-state index in [0.29, 0.717) is 6.61 Å². The third kappa shape index (κ3) is 2.96. The first-order chi connectivity index (χ1) is 6.65. The fraction of sp³-hybridized carbons (Fsp3) is 0.900. The number of aliphatic hydroxyl groups excluding tert-OH is 1. The van der Waals surface area contributed by atoms with Crippen LogP contribution in [0.5, 0.6) is 0 Å². The van der Waals surface area contributed by atoms with Crippen LogP contribution >= 0.6 is 0 Å². The Labute approximate surface area is 84.2 Å². The molecule has 14 heavy (non-hydrogen) atoms. The molecule has 0 radical (unpaired) electrons. The fourth-order valence-corrected chi connectivity index (χ4v) is 1.64. The molecule has 0 aliphatic heterocycles. The molecule has 0 amide bonds. The number of aliphatic hydroxyl groups is 1. The van der Waals surface area contributed by atoms with E-state index < -0.39 is 12.2 Å². The molecule has 82 valence electrons. The van der Waals surface area contributed by atoms with Crippen LogP contribution in [0, 0.1) is 0 Å². The SMILES string of the molecule is CCOC(=O)[C@H](C)O[C@@H]1CCC[C@H]1O. The summed E-state index contributed by atoms with van der Waals surface area (Å²) in [5.74, 6) is -0.355. The Balaban J connectivity index is 2.32. The van der Waals surface area contributed by atoms with E-state index in [2.05, 4.69) is 0 Å². The molecule has 0 unspecified atom stereocenters. The summed E-state index contributed by atoms with van der Waals surface area (Å²) >= 11 is 0. The lowest BCUT2D eigenvalue weighted by atomic mass is 10.2. The van der Waals surface area contributed by atoms with Gasteiger partial charge in [0.15, 0.2) is 6.10 Å². The minimum absolute atomic E-state index is 0.200. The highest BCUT2D eigenvalue weighted by Crippen LogP contribution is 2.23. The molecule has 4 nitrogen and oxygen atoms in total. The Morgan fingerprint density at radius 3 is 2.79 bits per heavy atom. The van der Waals surface area contributed by atoms with Gasteiger partial charge in [-0.2, -0.15) is 0 Å². The summed E-state index contributed by atoms with van der Waals surface area (Å²) in [4.78, 5) is 11.2. The summed E-state index contributed by atoms with van der Waals surface area (Å²) in [5, 5.41) is 9.47. The number of hydrogen-bond donors (Lipinski definition) is 1. The molecule has 1 rings (SSSR count). The van der Waals surface area contributed by atoms with Crippen molar-refractivity contribution in [3.63, 3.8) is 0 Å². The zero-order chi connectivity index (χ0) is 10.6. The molecule has 3 atom stereocenters. The lowest BCUT2D eigenvalue weighted by Gasteiger charge is -2.19. The van der Waals surface area contributed by atoms with Gasteiger partial charge in [0.2, 0.25) is 0 Å². The summed E-state index contributed by atoms with van der Waals surface area (Å²) in [6.45, 7) is 3.78. The largest absolute Gasteiger partial charge is 0.464 e. The van der Waals surface area contributed by atoms with E-state index in [9.17, 15) is 9.90 Å². The standard InChI is InChI=1S/C10H18O4/c1-3-13-10(12)7(2)14-9-6-4-5-8(9)11/h7-9,11H,3-6H2,1-2H3/t7-,8+,9+/m0/s1. The minimum Gasteiger partial charge on any atom is -0.464 e. The number of rotatable bonds is 4. The van der Waals surface area contributed by atoms with Crippen LogP contribution in [0.3, 0.4) is 0 Å². The number of carbonyl (C=O) groups excluding carboxylic acids is 1. The number of esters is 1. The maximum absolute atomic E-state index is 11.2. The second kappa shape index (κ2) is 5.32. The molecular formula is C10H18O4. The van der Waals surface area contributed by atoms with Crippen LogP contribution in [0.15, 0.2) is 0 Å². The minimum atomic E-state index is -0.576. The second-order valence-electron chi connectivity index (χ2n) is 3.57. The van der Waals surface area contributed by atoms with Crippen LogP contribution in [0.4, 0.5) is 0 Å². The van der Waals surface area contributed by atoms with Crippen molar-refractivity contribution >= 4 is 5.97 Å². The van der Waals surface area contributed by atoms with Crippen LogP contribution in [0.2, 0.25) is 0 Å². The molecule has 1 fully saturated rings. The second-order valence-corrected chi connectivity index (χ2v) is 3.57. The molecule has 0 spiro atoms. The van der Waals surface area contributed by atoms with E-state index in [1.165, 1.54) is 0 Å². The van der Waals surface area contributed by atoms with Gasteiger partial charge in [-0.15, -0.1) is 0 Å².